The van der Waals surface area contributed by atoms with Crippen LogP contribution in [-0.2, 0) is 10.2 Å². The monoisotopic (exact) mass is 524 g/mol. The SMILES string of the molecule is CC(NC(=NCC(=O)N(C)C)NCC1(c2cccc(F)c2)CC1)c1ccccc1.I. The van der Waals surface area contributed by atoms with Crippen LogP contribution in [0.2, 0.25) is 0 Å². The van der Waals surface area contributed by atoms with Gasteiger partial charge in [-0.3, -0.25) is 4.79 Å². The van der Waals surface area contributed by atoms with Crippen LogP contribution in [0.5, 0.6) is 0 Å². The molecule has 1 amide bonds. The number of nitrogens with zero attached hydrogens (tertiary/aromatic N) is 2. The number of hydrogen-bond acceptors (Lipinski definition) is 2. The van der Waals surface area contributed by atoms with Gasteiger partial charge in [0, 0.05) is 26.1 Å². The molecule has 1 aliphatic carbocycles. The Morgan fingerprint density at radius 3 is 2.47 bits per heavy atom. The Morgan fingerprint density at radius 1 is 1.17 bits per heavy atom. The summed E-state index contributed by atoms with van der Waals surface area (Å²) in [5.74, 6) is 0.305. The highest BCUT2D eigenvalue weighted by Gasteiger charge is 2.44. The van der Waals surface area contributed by atoms with E-state index in [1.54, 1.807) is 26.2 Å². The number of amides is 1. The van der Waals surface area contributed by atoms with Crippen LogP contribution in [0.1, 0.15) is 36.9 Å². The third-order valence-corrected chi connectivity index (χ3v) is 5.41. The molecular weight excluding hydrogens is 494 g/mol. The molecule has 0 aromatic heterocycles. The van der Waals surface area contributed by atoms with E-state index in [4.69, 9.17) is 0 Å². The van der Waals surface area contributed by atoms with E-state index in [1.165, 1.54) is 11.0 Å². The number of carbonyl (C=O) groups excluding carboxylic acids is 1. The number of guanidine groups is 1. The van der Waals surface area contributed by atoms with E-state index in [2.05, 4.69) is 34.7 Å². The smallest absolute Gasteiger partial charge is 0.243 e. The summed E-state index contributed by atoms with van der Waals surface area (Å²) in [5.41, 5.74) is 2.06. The zero-order valence-corrected chi connectivity index (χ0v) is 20.0. The molecule has 0 spiro atoms. The third kappa shape index (κ3) is 6.42. The number of benzene rings is 2. The highest BCUT2D eigenvalue weighted by Crippen LogP contribution is 2.47. The summed E-state index contributed by atoms with van der Waals surface area (Å²) in [4.78, 5) is 18.0. The van der Waals surface area contributed by atoms with Gasteiger partial charge in [-0.25, -0.2) is 9.38 Å². The summed E-state index contributed by atoms with van der Waals surface area (Å²) in [6, 6.07) is 16.9. The second-order valence-corrected chi connectivity index (χ2v) is 7.87. The summed E-state index contributed by atoms with van der Waals surface area (Å²) in [5, 5.41) is 6.77. The summed E-state index contributed by atoms with van der Waals surface area (Å²) in [6.07, 6.45) is 2.00. The van der Waals surface area contributed by atoms with Gasteiger partial charge in [-0.2, -0.15) is 0 Å². The van der Waals surface area contributed by atoms with Gasteiger partial charge in [0.1, 0.15) is 12.4 Å². The summed E-state index contributed by atoms with van der Waals surface area (Å²) in [7, 11) is 3.43. The predicted octanol–water partition coefficient (Wildman–Crippen LogP) is 3.86. The van der Waals surface area contributed by atoms with Crippen molar-refractivity contribution < 1.29 is 9.18 Å². The van der Waals surface area contributed by atoms with E-state index in [0.29, 0.717) is 12.5 Å². The molecule has 2 aromatic carbocycles. The van der Waals surface area contributed by atoms with Crippen molar-refractivity contribution in [3.8, 4) is 0 Å². The molecule has 2 aromatic rings. The maximum absolute atomic E-state index is 13.7. The number of halogens is 2. The van der Waals surface area contributed by atoms with Gasteiger partial charge in [-0.15, -0.1) is 24.0 Å². The Hall–Kier alpha value is -2.16. The standard InChI is InChI=1S/C23H29FN4O.HI/c1-17(18-8-5-4-6-9-18)27-22(25-15-21(29)28(2)3)26-16-23(12-13-23)19-10-7-11-20(24)14-19;/h4-11,14,17H,12-13,15-16H2,1-3H3,(H2,25,26,27);1H. The number of rotatable bonds is 7. The lowest BCUT2D eigenvalue weighted by Gasteiger charge is -2.22. The molecule has 0 saturated heterocycles. The fraction of sp³-hybridized carbons (Fsp3) is 0.391. The average molecular weight is 524 g/mol. The maximum Gasteiger partial charge on any atom is 0.243 e. The van der Waals surface area contributed by atoms with Crippen LogP contribution in [0.15, 0.2) is 59.6 Å². The minimum atomic E-state index is -0.213. The molecule has 0 heterocycles. The van der Waals surface area contributed by atoms with Gasteiger partial charge in [0.05, 0.1) is 6.04 Å². The van der Waals surface area contributed by atoms with Crippen molar-refractivity contribution in [3.05, 3.63) is 71.5 Å². The molecule has 1 atom stereocenters. The van der Waals surface area contributed by atoms with Crippen molar-refractivity contribution in [1.29, 1.82) is 0 Å². The first-order valence-electron chi connectivity index (χ1n) is 9.96. The van der Waals surface area contributed by atoms with Gasteiger partial charge in [0.2, 0.25) is 5.91 Å². The zero-order valence-electron chi connectivity index (χ0n) is 17.7. The molecule has 5 nitrogen and oxygen atoms in total. The summed E-state index contributed by atoms with van der Waals surface area (Å²) >= 11 is 0. The Balaban J connectivity index is 0.00000320. The van der Waals surface area contributed by atoms with Gasteiger partial charge < -0.3 is 15.5 Å². The van der Waals surface area contributed by atoms with Gasteiger partial charge >= 0.3 is 0 Å². The van der Waals surface area contributed by atoms with E-state index in [-0.39, 0.29) is 53.7 Å². The lowest BCUT2D eigenvalue weighted by molar-refractivity contribution is -0.127. The van der Waals surface area contributed by atoms with E-state index >= 15 is 0 Å². The Bertz CT molecular complexity index is 869. The lowest BCUT2D eigenvalue weighted by Crippen LogP contribution is -2.43. The highest BCUT2D eigenvalue weighted by molar-refractivity contribution is 14.0. The third-order valence-electron chi connectivity index (χ3n) is 5.41. The molecule has 162 valence electrons. The Morgan fingerprint density at radius 2 is 1.87 bits per heavy atom. The van der Waals surface area contributed by atoms with Crippen molar-refractivity contribution in [3.63, 3.8) is 0 Å². The van der Waals surface area contributed by atoms with Crippen LogP contribution in [0, 0.1) is 5.82 Å². The fourth-order valence-corrected chi connectivity index (χ4v) is 3.26. The van der Waals surface area contributed by atoms with Crippen LogP contribution >= 0.6 is 24.0 Å². The largest absolute Gasteiger partial charge is 0.355 e. The van der Waals surface area contributed by atoms with Gasteiger partial charge in [0.25, 0.3) is 0 Å². The summed E-state index contributed by atoms with van der Waals surface area (Å²) < 4.78 is 13.7. The number of nitrogens with one attached hydrogen (secondary N) is 2. The minimum absolute atomic E-state index is 0. The quantitative estimate of drug-likeness (QED) is 0.329. The van der Waals surface area contributed by atoms with Crippen LogP contribution in [0.4, 0.5) is 4.39 Å². The summed E-state index contributed by atoms with van der Waals surface area (Å²) in [6.45, 7) is 2.76. The molecular formula is C23H30FIN4O. The maximum atomic E-state index is 13.7. The van der Waals surface area contributed by atoms with Crippen LogP contribution in [0.3, 0.4) is 0 Å². The van der Waals surface area contributed by atoms with Crippen molar-refractivity contribution in [1.82, 2.24) is 15.5 Å². The highest BCUT2D eigenvalue weighted by atomic mass is 127. The van der Waals surface area contributed by atoms with Gasteiger partial charge in [0.15, 0.2) is 5.96 Å². The van der Waals surface area contributed by atoms with Crippen molar-refractivity contribution in [2.45, 2.75) is 31.2 Å². The molecule has 1 aliphatic rings. The number of hydrogen-bond donors (Lipinski definition) is 2. The predicted molar refractivity (Wildman–Crippen MR) is 130 cm³/mol. The second kappa shape index (κ2) is 10.7. The molecule has 3 rings (SSSR count). The molecule has 30 heavy (non-hydrogen) atoms. The average Bonchev–Trinajstić information content (AvgIpc) is 3.51. The molecule has 1 fully saturated rings. The van der Waals surface area contributed by atoms with E-state index in [0.717, 1.165) is 24.0 Å². The topological polar surface area (TPSA) is 56.7 Å². The molecule has 1 saturated carbocycles. The molecule has 7 heteroatoms. The van der Waals surface area contributed by atoms with Crippen LogP contribution < -0.4 is 10.6 Å². The normalized spacial score (nSPS) is 15.5. The lowest BCUT2D eigenvalue weighted by atomic mass is 9.96. The molecule has 0 aliphatic heterocycles. The van der Waals surface area contributed by atoms with E-state index < -0.39 is 0 Å². The zero-order chi connectivity index (χ0) is 20.9. The first-order chi connectivity index (χ1) is 13.9. The van der Waals surface area contributed by atoms with Gasteiger partial charge in [-0.05, 0) is 43.0 Å². The Labute approximate surface area is 195 Å². The molecule has 2 N–H and O–H groups in total. The second-order valence-electron chi connectivity index (χ2n) is 7.87. The Kier molecular flexibility index (Phi) is 8.64. The number of likely N-dealkylation sites (N-methyl/N-ethyl adjacent to an activating group) is 1. The van der Waals surface area contributed by atoms with E-state index in [9.17, 15) is 9.18 Å². The van der Waals surface area contributed by atoms with Crippen molar-refractivity contribution >= 4 is 35.8 Å². The molecule has 0 bridgehead atoms. The van der Waals surface area contributed by atoms with Crippen LogP contribution in [0.25, 0.3) is 0 Å². The van der Waals surface area contributed by atoms with Crippen molar-refractivity contribution in [2.24, 2.45) is 4.99 Å². The van der Waals surface area contributed by atoms with E-state index in [1.807, 2.05) is 24.3 Å². The number of aliphatic imine (C=N–C) groups is 1. The van der Waals surface area contributed by atoms with Crippen LogP contribution in [-0.4, -0.2) is 44.0 Å². The number of carbonyl (C=O) groups is 1. The van der Waals surface area contributed by atoms with Gasteiger partial charge in [-0.1, -0.05) is 42.5 Å². The van der Waals surface area contributed by atoms with Crippen molar-refractivity contribution in [2.75, 3.05) is 27.2 Å². The molecule has 0 radical (unpaired) electrons. The fourth-order valence-electron chi connectivity index (χ4n) is 3.26. The molecule has 1 unspecified atom stereocenters. The first kappa shape index (κ1) is 24.1. The first-order valence-corrected chi connectivity index (χ1v) is 9.96. The minimum Gasteiger partial charge on any atom is -0.355 e.